The van der Waals surface area contributed by atoms with Crippen LogP contribution in [0.25, 0.3) is 0 Å². The maximum Gasteiger partial charge on any atom is 0.0136 e. The van der Waals surface area contributed by atoms with Crippen molar-refractivity contribution in [1.29, 1.82) is 0 Å². The van der Waals surface area contributed by atoms with E-state index < -0.39 is 0 Å². The Balaban J connectivity index is 1.96. The fourth-order valence-corrected chi connectivity index (χ4v) is 3.97. The summed E-state index contributed by atoms with van der Waals surface area (Å²) in [5, 5.41) is 8.23. The largest absolute Gasteiger partial charge is 0.314 e. The summed E-state index contributed by atoms with van der Waals surface area (Å²) in [6, 6.07) is 2.96. The third-order valence-corrected chi connectivity index (χ3v) is 5.44. The molecule has 1 fully saturated rings. The van der Waals surface area contributed by atoms with Crippen molar-refractivity contribution in [3.63, 3.8) is 0 Å². The molecule has 2 heteroatoms. The zero-order chi connectivity index (χ0) is 13.0. The van der Waals surface area contributed by atoms with Crippen molar-refractivity contribution in [2.45, 2.75) is 52.5 Å². The molecule has 1 aliphatic carbocycles. The van der Waals surface area contributed by atoms with Crippen LogP contribution in [0.2, 0.25) is 0 Å². The first-order valence-corrected chi connectivity index (χ1v) is 8.39. The van der Waals surface area contributed by atoms with Crippen molar-refractivity contribution in [1.82, 2.24) is 5.32 Å². The van der Waals surface area contributed by atoms with E-state index in [1.807, 2.05) is 11.3 Å². The highest BCUT2D eigenvalue weighted by molar-refractivity contribution is 7.07. The van der Waals surface area contributed by atoms with E-state index in [-0.39, 0.29) is 0 Å². The van der Waals surface area contributed by atoms with Crippen LogP contribution in [0.5, 0.6) is 0 Å². The second-order valence-electron chi connectivity index (χ2n) is 6.03. The summed E-state index contributed by atoms with van der Waals surface area (Å²) in [7, 11) is 0. The highest BCUT2D eigenvalue weighted by Gasteiger charge is 2.29. The third kappa shape index (κ3) is 3.58. The minimum absolute atomic E-state index is 0.680. The molecular weight excluding hydrogens is 238 g/mol. The monoisotopic (exact) mass is 265 g/mol. The van der Waals surface area contributed by atoms with E-state index in [0.717, 1.165) is 24.3 Å². The molecule has 0 aliphatic heterocycles. The molecule has 1 saturated carbocycles. The van der Waals surface area contributed by atoms with Crippen LogP contribution in [0.15, 0.2) is 16.8 Å². The van der Waals surface area contributed by atoms with Gasteiger partial charge >= 0.3 is 0 Å². The van der Waals surface area contributed by atoms with Crippen LogP contribution in [0, 0.1) is 17.8 Å². The minimum atomic E-state index is 0.680. The van der Waals surface area contributed by atoms with Crippen LogP contribution >= 0.6 is 11.3 Å². The summed E-state index contributed by atoms with van der Waals surface area (Å²) in [5.41, 5.74) is 1.51. The van der Waals surface area contributed by atoms with Gasteiger partial charge in [0.2, 0.25) is 0 Å². The smallest absolute Gasteiger partial charge is 0.0136 e. The van der Waals surface area contributed by atoms with Crippen LogP contribution < -0.4 is 5.32 Å². The van der Waals surface area contributed by atoms with Gasteiger partial charge in [-0.2, -0.15) is 11.3 Å². The molecule has 0 saturated heterocycles. The molecule has 1 N–H and O–H groups in total. The molecule has 102 valence electrons. The summed E-state index contributed by atoms with van der Waals surface area (Å²) >= 11 is 1.82. The predicted molar refractivity (Wildman–Crippen MR) is 81.2 cm³/mol. The van der Waals surface area contributed by atoms with Crippen LogP contribution in [0.3, 0.4) is 0 Å². The van der Waals surface area contributed by atoms with Gasteiger partial charge in [0.1, 0.15) is 0 Å². The van der Waals surface area contributed by atoms with Gasteiger partial charge in [0.15, 0.2) is 0 Å². The molecule has 0 radical (unpaired) electrons. The Hall–Kier alpha value is -0.340. The Morgan fingerprint density at radius 1 is 1.33 bits per heavy atom. The lowest BCUT2D eigenvalue weighted by atomic mass is 9.72. The van der Waals surface area contributed by atoms with Crippen LogP contribution in [-0.4, -0.2) is 12.6 Å². The van der Waals surface area contributed by atoms with E-state index in [9.17, 15) is 0 Å². The first-order chi connectivity index (χ1) is 8.70. The number of hydrogen-bond donors (Lipinski definition) is 1. The van der Waals surface area contributed by atoms with E-state index in [1.54, 1.807) is 0 Å². The number of hydrogen-bond acceptors (Lipinski definition) is 2. The normalized spacial score (nSPS) is 30.3. The zero-order valence-electron chi connectivity index (χ0n) is 12.0. The van der Waals surface area contributed by atoms with Gasteiger partial charge in [-0.15, -0.1) is 0 Å². The van der Waals surface area contributed by atoms with Gasteiger partial charge < -0.3 is 5.32 Å². The van der Waals surface area contributed by atoms with Crippen molar-refractivity contribution < 1.29 is 0 Å². The second kappa shape index (κ2) is 6.72. The van der Waals surface area contributed by atoms with E-state index in [4.69, 9.17) is 0 Å². The molecular formula is C16H27NS. The first-order valence-electron chi connectivity index (χ1n) is 7.45. The van der Waals surface area contributed by atoms with Gasteiger partial charge in [-0.1, -0.05) is 27.2 Å². The maximum absolute atomic E-state index is 3.73. The van der Waals surface area contributed by atoms with Gasteiger partial charge in [0, 0.05) is 6.04 Å². The third-order valence-electron chi connectivity index (χ3n) is 4.71. The molecule has 1 nitrogen and oxygen atoms in total. The summed E-state index contributed by atoms with van der Waals surface area (Å²) in [5.74, 6) is 2.69. The maximum atomic E-state index is 3.73. The molecule has 0 aromatic carbocycles. The Labute approximate surface area is 116 Å². The van der Waals surface area contributed by atoms with Crippen LogP contribution in [-0.2, 0) is 6.42 Å². The number of likely N-dealkylation sites (N-methyl/N-ethyl adjacent to an activating group) is 1. The molecule has 4 unspecified atom stereocenters. The number of thiophene rings is 1. The van der Waals surface area contributed by atoms with Crippen molar-refractivity contribution in [2.75, 3.05) is 6.54 Å². The first kappa shape index (κ1) is 14.1. The molecule has 1 aromatic heterocycles. The van der Waals surface area contributed by atoms with Gasteiger partial charge in [-0.3, -0.25) is 0 Å². The zero-order valence-corrected chi connectivity index (χ0v) is 12.8. The molecule has 0 spiro atoms. The highest BCUT2D eigenvalue weighted by Crippen LogP contribution is 2.35. The molecule has 18 heavy (non-hydrogen) atoms. The van der Waals surface area contributed by atoms with Gasteiger partial charge in [-0.25, -0.2) is 0 Å². The average Bonchev–Trinajstić information content (AvgIpc) is 2.85. The van der Waals surface area contributed by atoms with E-state index in [2.05, 4.69) is 42.9 Å². The Morgan fingerprint density at radius 2 is 2.17 bits per heavy atom. The molecule has 1 aliphatic rings. The molecule has 1 aromatic rings. The van der Waals surface area contributed by atoms with Gasteiger partial charge in [0.05, 0.1) is 0 Å². The molecule has 4 atom stereocenters. The molecule has 0 amide bonds. The second-order valence-corrected chi connectivity index (χ2v) is 6.81. The minimum Gasteiger partial charge on any atom is -0.314 e. The molecule has 2 rings (SSSR count). The van der Waals surface area contributed by atoms with Crippen molar-refractivity contribution in [3.8, 4) is 0 Å². The Bertz CT molecular complexity index is 333. The van der Waals surface area contributed by atoms with E-state index >= 15 is 0 Å². The molecule has 0 bridgehead atoms. The SMILES string of the molecule is CCNC(Cc1ccsc1)C1CCC(C)C(C)C1. The Morgan fingerprint density at radius 3 is 2.78 bits per heavy atom. The standard InChI is InChI=1S/C16H27NS/c1-4-17-16(10-14-7-8-18-11-14)15-6-5-12(2)13(3)9-15/h7-8,11-13,15-17H,4-6,9-10H2,1-3H3. The summed E-state index contributed by atoms with van der Waals surface area (Å²) in [6.45, 7) is 8.18. The summed E-state index contributed by atoms with van der Waals surface area (Å²) in [6.07, 6.45) is 5.44. The quantitative estimate of drug-likeness (QED) is 0.835. The lowest BCUT2D eigenvalue weighted by molar-refractivity contribution is 0.171. The average molecular weight is 265 g/mol. The van der Waals surface area contributed by atoms with Crippen molar-refractivity contribution in [3.05, 3.63) is 22.4 Å². The number of rotatable bonds is 5. The van der Waals surface area contributed by atoms with Crippen molar-refractivity contribution in [2.24, 2.45) is 17.8 Å². The Kier molecular flexibility index (Phi) is 5.25. The van der Waals surface area contributed by atoms with Crippen molar-refractivity contribution >= 4 is 11.3 Å². The predicted octanol–water partition coefficient (Wildman–Crippen LogP) is 4.34. The van der Waals surface area contributed by atoms with E-state index in [1.165, 1.54) is 31.2 Å². The molecule has 1 heterocycles. The number of nitrogens with one attached hydrogen (secondary N) is 1. The van der Waals surface area contributed by atoms with E-state index in [0.29, 0.717) is 6.04 Å². The van der Waals surface area contributed by atoms with Gasteiger partial charge in [-0.05, 0) is 66.0 Å². The van der Waals surface area contributed by atoms with Gasteiger partial charge in [0.25, 0.3) is 0 Å². The lowest BCUT2D eigenvalue weighted by Crippen LogP contribution is -2.41. The fourth-order valence-electron chi connectivity index (χ4n) is 3.29. The summed E-state index contributed by atoms with van der Waals surface area (Å²) in [4.78, 5) is 0. The summed E-state index contributed by atoms with van der Waals surface area (Å²) < 4.78 is 0. The topological polar surface area (TPSA) is 12.0 Å². The highest BCUT2D eigenvalue weighted by atomic mass is 32.1. The van der Waals surface area contributed by atoms with Crippen LogP contribution in [0.4, 0.5) is 0 Å². The fraction of sp³-hybridized carbons (Fsp3) is 0.750. The van der Waals surface area contributed by atoms with Crippen LogP contribution in [0.1, 0.15) is 45.6 Å². The lowest BCUT2D eigenvalue weighted by Gasteiger charge is -2.37.